The molecular formula is C24H35NO2. The summed E-state index contributed by atoms with van der Waals surface area (Å²) in [5.74, 6) is 1.08. The number of ether oxygens (including phenoxy) is 1. The van der Waals surface area contributed by atoms with Gasteiger partial charge in [0.1, 0.15) is 0 Å². The van der Waals surface area contributed by atoms with Crippen molar-refractivity contribution in [2.45, 2.75) is 66.8 Å². The molecule has 2 aromatic rings. The molecule has 0 N–H and O–H groups in total. The second-order valence-electron chi connectivity index (χ2n) is 8.18. The third-order valence-corrected chi connectivity index (χ3v) is 4.93. The Balaban J connectivity index is 2.38. The van der Waals surface area contributed by atoms with Gasteiger partial charge in [-0.25, -0.2) is 4.79 Å². The third kappa shape index (κ3) is 5.72. The SMILES string of the molecule is CCOC(=O)/C=C(\CC)c1ccc2c(ccn2C(CC(C)C)CC(C)C)c1. The summed E-state index contributed by atoms with van der Waals surface area (Å²) in [6.45, 7) is 13.5. The third-order valence-electron chi connectivity index (χ3n) is 4.93. The summed E-state index contributed by atoms with van der Waals surface area (Å²) in [6, 6.07) is 9.25. The van der Waals surface area contributed by atoms with Gasteiger partial charge in [0, 0.05) is 29.2 Å². The second kappa shape index (κ2) is 9.77. The molecule has 0 amide bonds. The minimum atomic E-state index is -0.263. The van der Waals surface area contributed by atoms with Crippen molar-refractivity contribution < 1.29 is 9.53 Å². The Morgan fingerprint density at radius 3 is 2.30 bits per heavy atom. The van der Waals surface area contributed by atoms with Crippen LogP contribution in [0.1, 0.15) is 72.4 Å². The molecule has 3 nitrogen and oxygen atoms in total. The van der Waals surface area contributed by atoms with E-state index in [9.17, 15) is 4.79 Å². The van der Waals surface area contributed by atoms with Crippen LogP contribution in [0.2, 0.25) is 0 Å². The smallest absolute Gasteiger partial charge is 0.331 e. The second-order valence-corrected chi connectivity index (χ2v) is 8.18. The fourth-order valence-corrected chi connectivity index (χ4v) is 3.81. The van der Waals surface area contributed by atoms with Gasteiger partial charge in [0.25, 0.3) is 0 Å². The molecule has 0 aliphatic rings. The average molecular weight is 370 g/mol. The van der Waals surface area contributed by atoms with E-state index in [-0.39, 0.29) is 5.97 Å². The molecule has 1 heterocycles. The minimum Gasteiger partial charge on any atom is -0.463 e. The molecule has 0 bridgehead atoms. The van der Waals surface area contributed by atoms with Crippen LogP contribution in [0, 0.1) is 11.8 Å². The van der Waals surface area contributed by atoms with Gasteiger partial charge in [-0.05, 0) is 67.4 Å². The highest BCUT2D eigenvalue weighted by molar-refractivity contribution is 5.93. The van der Waals surface area contributed by atoms with E-state index in [0.717, 1.165) is 17.6 Å². The summed E-state index contributed by atoms with van der Waals surface area (Å²) in [6.07, 6.45) is 7.03. The lowest BCUT2D eigenvalue weighted by atomic mass is 9.95. The monoisotopic (exact) mass is 369 g/mol. The maximum Gasteiger partial charge on any atom is 0.331 e. The summed E-state index contributed by atoms with van der Waals surface area (Å²) in [5.41, 5.74) is 3.39. The predicted molar refractivity (Wildman–Crippen MR) is 115 cm³/mol. The summed E-state index contributed by atoms with van der Waals surface area (Å²) in [5, 5.41) is 1.23. The van der Waals surface area contributed by atoms with E-state index in [1.807, 2.05) is 6.92 Å². The molecule has 0 radical (unpaired) electrons. The number of aromatic nitrogens is 1. The minimum absolute atomic E-state index is 0.263. The van der Waals surface area contributed by atoms with E-state index in [2.05, 4.69) is 69.6 Å². The largest absolute Gasteiger partial charge is 0.463 e. The van der Waals surface area contributed by atoms with Crippen LogP contribution >= 0.6 is 0 Å². The standard InChI is InChI=1S/C24H35NO2/c1-7-19(16-24(26)27-8-2)20-9-10-23-21(15-20)11-12-25(23)22(13-17(3)4)14-18(5)6/h9-12,15-18,22H,7-8,13-14H2,1-6H3/b19-16+. The van der Waals surface area contributed by atoms with Gasteiger partial charge in [0.05, 0.1) is 6.61 Å². The lowest BCUT2D eigenvalue weighted by Gasteiger charge is -2.24. The first kappa shape index (κ1) is 21.3. The normalized spacial score (nSPS) is 12.6. The topological polar surface area (TPSA) is 31.2 Å². The Kier molecular flexibility index (Phi) is 7.70. The molecule has 27 heavy (non-hydrogen) atoms. The maximum atomic E-state index is 11.8. The molecule has 0 aliphatic heterocycles. The number of nitrogens with zero attached hydrogens (tertiary/aromatic N) is 1. The Morgan fingerprint density at radius 2 is 1.74 bits per heavy atom. The van der Waals surface area contributed by atoms with Crippen molar-refractivity contribution in [3.05, 3.63) is 42.1 Å². The van der Waals surface area contributed by atoms with Gasteiger partial charge in [0.2, 0.25) is 0 Å². The molecule has 0 saturated carbocycles. The van der Waals surface area contributed by atoms with Crippen molar-refractivity contribution in [1.29, 1.82) is 0 Å². The lowest BCUT2D eigenvalue weighted by Crippen LogP contribution is -2.13. The number of fused-ring (bicyclic) bond motifs is 1. The van der Waals surface area contributed by atoms with Gasteiger partial charge in [0.15, 0.2) is 0 Å². The Morgan fingerprint density at radius 1 is 1.07 bits per heavy atom. The summed E-state index contributed by atoms with van der Waals surface area (Å²) in [4.78, 5) is 11.8. The number of benzene rings is 1. The van der Waals surface area contributed by atoms with Crippen LogP contribution in [0.3, 0.4) is 0 Å². The van der Waals surface area contributed by atoms with Crippen LogP contribution in [0.4, 0.5) is 0 Å². The molecule has 0 saturated heterocycles. The number of rotatable bonds is 9. The van der Waals surface area contributed by atoms with Crippen molar-refractivity contribution in [3.63, 3.8) is 0 Å². The number of esters is 1. The van der Waals surface area contributed by atoms with Gasteiger partial charge in [-0.2, -0.15) is 0 Å². The van der Waals surface area contributed by atoms with Crippen LogP contribution in [0.15, 0.2) is 36.5 Å². The highest BCUT2D eigenvalue weighted by atomic mass is 16.5. The van der Waals surface area contributed by atoms with Gasteiger partial charge in [-0.1, -0.05) is 40.7 Å². The Hall–Kier alpha value is -2.03. The number of hydrogen-bond acceptors (Lipinski definition) is 2. The predicted octanol–water partition coefficient (Wildman–Crippen LogP) is 6.63. The van der Waals surface area contributed by atoms with Crippen molar-refractivity contribution in [1.82, 2.24) is 4.57 Å². The zero-order valence-corrected chi connectivity index (χ0v) is 17.8. The van der Waals surface area contributed by atoms with Crippen LogP contribution in [-0.4, -0.2) is 17.1 Å². The summed E-state index contributed by atoms with van der Waals surface area (Å²) >= 11 is 0. The van der Waals surface area contributed by atoms with Crippen molar-refractivity contribution in [2.24, 2.45) is 11.8 Å². The number of allylic oxidation sites excluding steroid dienone is 1. The molecule has 0 aliphatic carbocycles. The molecule has 0 atom stereocenters. The fraction of sp³-hybridized carbons (Fsp3) is 0.542. The lowest BCUT2D eigenvalue weighted by molar-refractivity contribution is -0.137. The van der Waals surface area contributed by atoms with E-state index in [1.54, 1.807) is 6.08 Å². The zero-order valence-electron chi connectivity index (χ0n) is 17.8. The molecule has 148 valence electrons. The maximum absolute atomic E-state index is 11.8. The van der Waals surface area contributed by atoms with E-state index >= 15 is 0 Å². The van der Waals surface area contributed by atoms with E-state index in [0.29, 0.717) is 24.5 Å². The van der Waals surface area contributed by atoms with Gasteiger partial charge in [-0.3, -0.25) is 0 Å². The van der Waals surface area contributed by atoms with E-state index in [1.165, 1.54) is 23.7 Å². The molecule has 2 rings (SSSR count). The molecule has 1 aromatic carbocycles. The molecule has 3 heteroatoms. The van der Waals surface area contributed by atoms with Crippen molar-refractivity contribution >= 4 is 22.4 Å². The van der Waals surface area contributed by atoms with Crippen LogP contribution < -0.4 is 0 Å². The molecule has 0 unspecified atom stereocenters. The van der Waals surface area contributed by atoms with Crippen LogP contribution in [0.5, 0.6) is 0 Å². The number of carbonyl (C=O) groups excluding carboxylic acids is 1. The van der Waals surface area contributed by atoms with Gasteiger partial charge in [-0.15, -0.1) is 0 Å². The van der Waals surface area contributed by atoms with Crippen LogP contribution in [0.25, 0.3) is 16.5 Å². The van der Waals surface area contributed by atoms with E-state index in [4.69, 9.17) is 4.74 Å². The Bertz CT molecular complexity index is 773. The highest BCUT2D eigenvalue weighted by Crippen LogP contribution is 2.31. The van der Waals surface area contributed by atoms with Crippen LogP contribution in [-0.2, 0) is 9.53 Å². The quantitative estimate of drug-likeness (QED) is 0.367. The first-order chi connectivity index (χ1) is 12.8. The summed E-state index contributed by atoms with van der Waals surface area (Å²) in [7, 11) is 0. The molecular weight excluding hydrogens is 334 g/mol. The van der Waals surface area contributed by atoms with E-state index < -0.39 is 0 Å². The molecule has 0 spiro atoms. The zero-order chi connectivity index (χ0) is 20.0. The number of carbonyl (C=O) groups is 1. The highest BCUT2D eigenvalue weighted by Gasteiger charge is 2.17. The first-order valence-electron chi connectivity index (χ1n) is 10.3. The number of hydrogen-bond donors (Lipinski definition) is 0. The van der Waals surface area contributed by atoms with Crippen molar-refractivity contribution in [3.8, 4) is 0 Å². The molecule has 0 fully saturated rings. The Labute approximate surface area is 164 Å². The summed E-state index contributed by atoms with van der Waals surface area (Å²) < 4.78 is 7.52. The van der Waals surface area contributed by atoms with Gasteiger partial charge < -0.3 is 9.30 Å². The molecule has 1 aromatic heterocycles. The first-order valence-corrected chi connectivity index (χ1v) is 10.3. The average Bonchev–Trinajstić information content (AvgIpc) is 3.01. The fourth-order valence-electron chi connectivity index (χ4n) is 3.81. The van der Waals surface area contributed by atoms with Gasteiger partial charge >= 0.3 is 5.97 Å². The van der Waals surface area contributed by atoms with Crippen molar-refractivity contribution in [2.75, 3.05) is 6.61 Å².